The number of carbonyl (C=O) groups excluding carboxylic acids is 2. The minimum atomic E-state index is -0.0687. The first-order chi connectivity index (χ1) is 14.1. The van der Waals surface area contributed by atoms with E-state index in [1.807, 2.05) is 23.1 Å². The molecule has 7 heteroatoms. The van der Waals surface area contributed by atoms with Crippen molar-refractivity contribution >= 4 is 17.5 Å². The molecule has 1 N–H and O–H groups in total. The number of amides is 2. The number of aryl methyl sites for hydroxylation is 1. The molecule has 0 bridgehead atoms. The normalized spacial score (nSPS) is 16.0. The minimum Gasteiger partial charge on any atom is -0.454 e. The molecule has 0 saturated carbocycles. The second kappa shape index (κ2) is 8.53. The van der Waals surface area contributed by atoms with Gasteiger partial charge in [0.25, 0.3) is 5.91 Å². The lowest BCUT2D eigenvalue weighted by atomic mass is 10.1. The number of benzene rings is 2. The van der Waals surface area contributed by atoms with Gasteiger partial charge in [0.1, 0.15) is 0 Å². The van der Waals surface area contributed by atoms with E-state index in [1.165, 1.54) is 0 Å². The van der Waals surface area contributed by atoms with Gasteiger partial charge in [-0.1, -0.05) is 6.07 Å². The van der Waals surface area contributed by atoms with Gasteiger partial charge in [-0.25, -0.2) is 0 Å². The molecule has 0 aromatic heterocycles. The lowest BCUT2D eigenvalue weighted by molar-refractivity contribution is -0.116. The number of likely N-dealkylation sites (N-methyl/N-ethyl adjacent to an activating group) is 1. The average molecular weight is 395 g/mol. The van der Waals surface area contributed by atoms with Crippen molar-refractivity contribution in [3.8, 4) is 11.5 Å². The van der Waals surface area contributed by atoms with Crippen LogP contribution >= 0.6 is 0 Å². The van der Waals surface area contributed by atoms with E-state index in [9.17, 15) is 9.59 Å². The van der Waals surface area contributed by atoms with Gasteiger partial charge in [0.05, 0.1) is 0 Å². The number of fused-ring (bicyclic) bond motifs is 1. The number of carbonyl (C=O) groups is 2. The van der Waals surface area contributed by atoms with E-state index in [0.29, 0.717) is 24.1 Å². The van der Waals surface area contributed by atoms with E-state index in [-0.39, 0.29) is 18.6 Å². The van der Waals surface area contributed by atoms with E-state index in [0.717, 1.165) is 43.2 Å². The van der Waals surface area contributed by atoms with Gasteiger partial charge < -0.3 is 24.6 Å². The molecule has 0 atom stereocenters. The van der Waals surface area contributed by atoms with Gasteiger partial charge in [-0.15, -0.1) is 0 Å². The molecule has 29 heavy (non-hydrogen) atoms. The Bertz CT molecular complexity index is 889. The SMILES string of the molecule is CN1CCN(C(=O)c2ccc(NC(=O)CCc3ccc4c(c3)OCO4)cc2)CC1. The molecule has 2 aromatic rings. The second-order valence-corrected chi connectivity index (χ2v) is 7.41. The summed E-state index contributed by atoms with van der Waals surface area (Å²) in [4.78, 5) is 28.9. The number of rotatable bonds is 5. The van der Waals surface area contributed by atoms with Crippen LogP contribution in [0.5, 0.6) is 11.5 Å². The van der Waals surface area contributed by atoms with E-state index in [1.54, 1.807) is 24.3 Å². The number of hydrogen-bond donors (Lipinski definition) is 1. The monoisotopic (exact) mass is 395 g/mol. The number of nitrogens with zero attached hydrogens (tertiary/aromatic N) is 2. The standard InChI is InChI=1S/C22H25N3O4/c1-24-10-12-25(13-11-24)22(27)17-4-6-18(7-5-17)23-21(26)9-3-16-2-8-19-20(14-16)29-15-28-19/h2,4-8,14H,3,9-13,15H2,1H3,(H,23,26). The predicted molar refractivity (Wildman–Crippen MR) is 109 cm³/mol. The summed E-state index contributed by atoms with van der Waals surface area (Å²) < 4.78 is 10.7. The van der Waals surface area contributed by atoms with Crippen LogP contribution in [0.15, 0.2) is 42.5 Å². The largest absolute Gasteiger partial charge is 0.454 e. The fraction of sp³-hybridized carbons (Fsp3) is 0.364. The van der Waals surface area contributed by atoms with Gasteiger partial charge in [-0.2, -0.15) is 0 Å². The fourth-order valence-electron chi connectivity index (χ4n) is 3.47. The number of piperazine rings is 1. The quantitative estimate of drug-likeness (QED) is 0.842. The fourth-order valence-corrected chi connectivity index (χ4v) is 3.47. The van der Waals surface area contributed by atoms with Crippen molar-refractivity contribution in [2.75, 3.05) is 45.3 Å². The first kappa shape index (κ1) is 19.3. The van der Waals surface area contributed by atoms with Crippen LogP contribution in [0.2, 0.25) is 0 Å². The van der Waals surface area contributed by atoms with Crippen molar-refractivity contribution in [2.24, 2.45) is 0 Å². The van der Waals surface area contributed by atoms with Crippen molar-refractivity contribution in [1.82, 2.24) is 9.80 Å². The topological polar surface area (TPSA) is 71.1 Å². The summed E-state index contributed by atoms with van der Waals surface area (Å²) in [6, 6.07) is 12.8. The molecule has 4 rings (SSSR count). The van der Waals surface area contributed by atoms with Crippen LogP contribution in [0.4, 0.5) is 5.69 Å². The van der Waals surface area contributed by atoms with Crippen LogP contribution in [0, 0.1) is 0 Å². The molecule has 0 aliphatic carbocycles. The van der Waals surface area contributed by atoms with Crippen LogP contribution in [0.25, 0.3) is 0 Å². The third-order valence-electron chi connectivity index (χ3n) is 5.28. The zero-order chi connectivity index (χ0) is 20.2. The number of ether oxygens (including phenoxy) is 2. The van der Waals surface area contributed by atoms with Gasteiger partial charge in [0, 0.05) is 43.9 Å². The summed E-state index contributed by atoms with van der Waals surface area (Å²) in [7, 11) is 2.06. The molecular weight excluding hydrogens is 370 g/mol. The molecule has 2 heterocycles. The molecule has 2 aliphatic heterocycles. The molecule has 2 aromatic carbocycles. The third kappa shape index (κ3) is 4.68. The van der Waals surface area contributed by atoms with Crippen molar-refractivity contribution in [3.05, 3.63) is 53.6 Å². The van der Waals surface area contributed by atoms with Crippen molar-refractivity contribution in [1.29, 1.82) is 0 Å². The molecule has 1 saturated heterocycles. The summed E-state index contributed by atoms with van der Waals surface area (Å²) in [6.45, 7) is 3.51. The van der Waals surface area contributed by atoms with Crippen LogP contribution in [0.3, 0.4) is 0 Å². The maximum Gasteiger partial charge on any atom is 0.253 e. The molecular formula is C22H25N3O4. The zero-order valence-electron chi connectivity index (χ0n) is 16.5. The summed E-state index contributed by atoms with van der Waals surface area (Å²) >= 11 is 0. The van der Waals surface area contributed by atoms with Crippen LogP contribution in [-0.2, 0) is 11.2 Å². The van der Waals surface area contributed by atoms with Gasteiger partial charge in [-0.05, 0) is 55.4 Å². The van der Waals surface area contributed by atoms with Crippen molar-refractivity contribution in [2.45, 2.75) is 12.8 Å². The maximum absolute atomic E-state index is 12.6. The van der Waals surface area contributed by atoms with Crippen LogP contribution in [-0.4, -0.2) is 61.6 Å². The highest BCUT2D eigenvalue weighted by molar-refractivity contribution is 5.96. The van der Waals surface area contributed by atoms with Crippen molar-refractivity contribution < 1.29 is 19.1 Å². The van der Waals surface area contributed by atoms with E-state index >= 15 is 0 Å². The van der Waals surface area contributed by atoms with Gasteiger partial charge in [0.2, 0.25) is 12.7 Å². The smallest absolute Gasteiger partial charge is 0.253 e. The maximum atomic E-state index is 12.6. The number of anilines is 1. The molecule has 0 unspecified atom stereocenters. The zero-order valence-corrected chi connectivity index (χ0v) is 16.5. The summed E-state index contributed by atoms with van der Waals surface area (Å²) in [5.41, 5.74) is 2.36. The lowest BCUT2D eigenvalue weighted by Crippen LogP contribution is -2.47. The Morgan fingerprint density at radius 1 is 0.966 bits per heavy atom. The second-order valence-electron chi connectivity index (χ2n) is 7.41. The van der Waals surface area contributed by atoms with E-state index in [2.05, 4.69) is 17.3 Å². The molecule has 152 valence electrons. The molecule has 2 aliphatic rings. The van der Waals surface area contributed by atoms with Crippen molar-refractivity contribution in [3.63, 3.8) is 0 Å². The first-order valence-electron chi connectivity index (χ1n) is 9.85. The minimum absolute atomic E-state index is 0.0405. The summed E-state index contributed by atoms with van der Waals surface area (Å²) in [5, 5.41) is 2.89. The highest BCUT2D eigenvalue weighted by Gasteiger charge is 2.20. The highest BCUT2D eigenvalue weighted by Crippen LogP contribution is 2.32. The Labute approximate surface area is 170 Å². The number of hydrogen-bond acceptors (Lipinski definition) is 5. The Morgan fingerprint density at radius 3 is 2.45 bits per heavy atom. The van der Waals surface area contributed by atoms with E-state index in [4.69, 9.17) is 9.47 Å². The van der Waals surface area contributed by atoms with Crippen LogP contribution < -0.4 is 14.8 Å². The Balaban J connectivity index is 1.28. The van der Waals surface area contributed by atoms with Gasteiger partial charge >= 0.3 is 0 Å². The molecule has 2 amide bonds. The van der Waals surface area contributed by atoms with Gasteiger partial charge in [-0.3, -0.25) is 9.59 Å². The van der Waals surface area contributed by atoms with Gasteiger partial charge in [0.15, 0.2) is 11.5 Å². The van der Waals surface area contributed by atoms with Crippen LogP contribution in [0.1, 0.15) is 22.3 Å². The predicted octanol–water partition coefficient (Wildman–Crippen LogP) is 2.37. The number of nitrogens with one attached hydrogen (secondary N) is 1. The average Bonchev–Trinajstić information content (AvgIpc) is 3.21. The third-order valence-corrected chi connectivity index (χ3v) is 5.28. The van der Waals surface area contributed by atoms with E-state index < -0.39 is 0 Å². The Hall–Kier alpha value is -3.06. The molecule has 7 nitrogen and oxygen atoms in total. The molecule has 0 spiro atoms. The lowest BCUT2D eigenvalue weighted by Gasteiger charge is -2.32. The molecule has 1 fully saturated rings. The first-order valence-corrected chi connectivity index (χ1v) is 9.85. The molecule has 0 radical (unpaired) electrons. The highest BCUT2D eigenvalue weighted by atomic mass is 16.7. The summed E-state index contributed by atoms with van der Waals surface area (Å²) in [6.07, 6.45) is 0.976. The Kier molecular flexibility index (Phi) is 5.67. The Morgan fingerprint density at radius 2 is 1.69 bits per heavy atom. The summed E-state index contributed by atoms with van der Waals surface area (Å²) in [5.74, 6) is 1.44.